The van der Waals surface area contributed by atoms with Crippen LogP contribution in [0.4, 0.5) is 13.2 Å². The Hall–Kier alpha value is -2.81. The molecule has 1 aromatic carbocycles. The first kappa shape index (κ1) is 22.9. The minimum Gasteiger partial charge on any atom is -0.497 e. The van der Waals surface area contributed by atoms with Crippen LogP contribution in [0.15, 0.2) is 36.4 Å². The largest absolute Gasteiger partial charge is 0.497 e. The third-order valence-electron chi connectivity index (χ3n) is 5.02. The molecule has 6 nitrogen and oxygen atoms in total. The van der Waals surface area contributed by atoms with Gasteiger partial charge in [-0.2, -0.15) is 13.2 Å². The Morgan fingerprint density at radius 1 is 1.13 bits per heavy atom. The van der Waals surface area contributed by atoms with Crippen molar-refractivity contribution in [2.45, 2.75) is 26.1 Å². The number of alkyl halides is 3. The third-order valence-corrected chi connectivity index (χ3v) is 5.02. The third kappa shape index (κ3) is 6.58. The molecule has 0 spiro atoms. The summed E-state index contributed by atoms with van der Waals surface area (Å²) in [5, 5.41) is 0. The lowest BCUT2D eigenvalue weighted by atomic mass is 10.1. The van der Waals surface area contributed by atoms with Crippen molar-refractivity contribution < 1.29 is 27.4 Å². The summed E-state index contributed by atoms with van der Waals surface area (Å²) in [5.41, 5.74) is 1.99. The van der Waals surface area contributed by atoms with Crippen LogP contribution in [0.25, 0.3) is 0 Å². The molecule has 1 aromatic heterocycles. The molecule has 0 aliphatic carbocycles. The van der Waals surface area contributed by atoms with E-state index in [0.29, 0.717) is 31.9 Å². The Balaban J connectivity index is 1.70. The highest BCUT2D eigenvalue weighted by Gasteiger charge is 2.30. The van der Waals surface area contributed by atoms with Gasteiger partial charge in [-0.15, -0.1) is 0 Å². The van der Waals surface area contributed by atoms with E-state index in [2.05, 4.69) is 9.88 Å². The summed E-state index contributed by atoms with van der Waals surface area (Å²) in [4.78, 5) is 21.6. The van der Waals surface area contributed by atoms with Crippen molar-refractivity contribution in [3.05, 3.63) is 53.3 Å². The number of amides is 1. The molecule has 0 bridgehead atoms. The first-order valence-electron chi connectivity index (χ1n) is 10.1. The number of carbonyl (C=O) groups is 1. The highest BCUT2D eigenvalue weighted by Crippen LogP contribution is 2.28. The molecular formula is C22H26F3N3O3. The van der Waals surface area contributed by atoms with Crippen LogP contribution in [0.5, 0.6) is 11.5 Å². The van der Waals surface area contributed by atoms with Crippen molar-refractivity contribution in [1.29, 1.82) is 0 Å². The van der Waals surface area contributed by atoms with E-state index in [4.69, 9.17) is 9.47 Å². The maximum absolute atomic E-state index is 13.2. The second-order valence-electron chi connectivity index (χ2n) is 7.46. The van der Waals surface area contributed by atoms with Crippen LogP contribution in [-0.2, 0) is 6.54 Å². The lowest BCUT2D eigenvalue weighted by Crippen LogP contribution is -2.35. The second kappa shape index (κ2) is 10.00. The fourth-order valence-electron chi connectivity index (χ4n) is 3.51. The molecule has 31 heavy (non-hydrogen) atoms. The molecule has 0 atom stereocenters. The van der Waals surface area contributed by atoms with E-state index in [1.807, 2.05) is 25.1 Å². The Labute approximate surface area is 179 Å². The second-order valence-corrected chi connectivity index (χ2v) is 7.46. The zero-order chi connectivity index (χ0) is 22.4. The average Bonchev–Trinajstić information content (AvgIpc) is 2.96. The minimum absolute atomic E-state index is 0.0670. The van der Waals surface area contributed by atoms with Crippen LogP contribution in [0.3, 0.4) is 0 Å². The molecule has 1 aliphatic heterocycles. The number of ether oxygens (including phenoxy) is 2. The molecule has 2 aromatic rings. The molecule has 1 fully saturated rings. The average molecular weight is 437 g/mol. The fourth-order valence-corrected chi connectivity index (χ4v) is 3.51. The number of hydrogen-bond donors (Lipinski definition) is 0. The zero-order valence-electron chi connectivity index (χ0n) is 17.6. The number of hydrogen-bond acceptors (Lipinski definition) is 5. The van der Waals surface area contributed by atoms with E-state index < -0.39 is 12.8 Å². The van der Waals surface area contributed by atoms with E-state index in [9.17, 15) is 18.0 Å². The molecule has 0 N–H and O–H groups in total. The summed E-state index contributed by atoms with van der Waals surface area (Å²) in [7, 11) is 1.43. The van der Waals surface area contributed by atoms with Gasteiger partial charge in [0.05, 0.1) is 18.4 Å². The summed E-state index contributed by atoms with van der Waals surface area (Å²) in [5.74, 6) is -0.0931. The van der Waals surface area contributed by atoms with Crippen molar-refractivity contribution in [3.8, 4) is 11.5 Å². The van der Waals surface area contributed by atoms with E-state index in [1.165, 1.54) is 25.3 Å². The molecule has 3 rings (SSSR count). The van der Waals surface area contributed by atoms with Crippen LogP contribution in [0.2, 0.25) is 0 Å². The van der Waals surface area contributed by atoms with Crippen molar-refractivity contribution in [1.82, 2.24) is 14.8 Å². The number of halogens is 3. The quantitative estimate of drug-likeness (QED) is 0.690. The number of pyridine rings is 1. The topological polar surface area (TPSA) is 54.9 Å². The summed E-state index contributed by atoms with van der Waals surface area (Å²) in [6.07, 6.45) is -3.74. The highest BCUT2D eigenvalue weighted by atomic mass is 19.4. The van der Waals surface area contributed by atoms with Crippen LogP contribution >= 0.6 is 0 Å². The minimum atomic E-state index is -4.49. The van der Waals surface area contributed by atoms with Crippen LogP contribution < -0.4 is 9.47 Å². The molecule has 9 heteroatoms. The number of aryl methyl sites for hydroxylation is 1. The monoisotopic (exact) mass is 437 g/mol. The summed E-state index contributed by atoms with van der Waals surface area (Å²) < 4.78 is 47.9. The number of aromatic nitrogens is 1. The summed E-state index contributed by atoms with van der Waals surface area (Å²) >= 11 is 0. The van der Waals surface area contributed by atoms with E-state index >= 15 is 0 Å². The molecule has 168 valence electrons. The standard InChI is InChI=1S/C22H26F3N3O3/c1-16-5-3-6-17(26-16)14-27-9-4-10-28(12-11-27)21(29)19-13-18(30-2)7-8-20(19)31-15-22(23,24)25/h3,5-8,13H,4,9-12,14-15H2,1-2H3. The molecule has 1 saturated heterocycles. The normalized spacial score (nSPS) is 15.5. The van der Waals surface area contributed by atoms with Gasteiger partial charge in [0.1, 0.15) is 11.5 Å². The van der Waals surface area contributed by atoms with Gasteiger partial charge in [0.2, 0.25) is 0 Å². The van der Waals surface area contributed by atoms with Gasteiger partial charge in [0, 0.05) is 38.4 Å². The van der Waals surface area contributed by atoms with Gasteiger partial charge in [0.25, 0.3) is 5.91 Å². The van der Waals surface area contributed by atoms with Crippen molar-refractivity contribution in [3.63, 3.8) is 0 Å². The van der Waals surface area contributed by atoms with Gasteiger partial charge >= 0.3 is 6.18 Å². The van der Waals surface area contributed by atoms with Crippen molar-refractivity contribution in [2.24, 2.45) is 0 Å². The molecule has 0 unspecified atom stereocenters. The smallest absolute Gasteiger partial charge is 0.422 e. The fraction of sp³-hybridized carbons (Fsp3) is 0.455. The number of carbonyl (C=O) groups excluding carboxylic acids is 1. The molecule has 0 radical (unpaired) electrons. The maximum atomic E-state index is 13.2. The first-order valence-corrected chi connectivity index (χ1v) is 10.1. The van der Waals surface area contributed by atoms with Crippen molar-refractivity contribution in [2.75, 3.05) is 39.9 Å². The van der Waals surface area contributed by atoms with E-state index in [1.54, 1.807) is 4.90 Å². The number of rotatable bonds is 6. The van der Waals surface area contributed by atoms with Crippen LogP contribution in [-0.4, -0.2) is 66.8 Å². The van der Waals surface area contributed by atoms with E-state index in [-0.39, 0.29) is 17.2 Å². The predicted octanol–water partition coefficient (Wildman–Crippen LogP) is 3.69. The van der Waals surface area contributed by atoms with Gasteiger partial charge in [-0.3, -0.25) is 14.7 Å². The van der Waals surface area contributed by atoms with Gasteiger partial charge in [-0.1, -0.05) is 6.07 Å². The highest BCUT2D eigenvalue weighted by molar-refractivity contribution is 5.97. The lowest BCUT2D eigenvalue weighted by Gasteiger charge is -2.23. The summed E-state index contributed by atoms with van der Waals surface area (Å²) in [6.45, 7) is 3.57. The maximum Gasteiger partial charge on any atom is 0.422 e. The molecule has 1 aliphatic rings. The Bertz CT molecular complexity index is 905. The van der Waals surface area contributed by atoms with E-state index in [0.717, 1.165) is 24.4 Å². The zero-order valence-corrected chi connectivity index (χ0v) is 17.6. The van der Waals surface area contributed by atoms with Gasteiger partial charge < -0.3 is 14.4 Å². The lowest BCUT2D eigenvalue weighted by molar-refractivity contribution is -0.153. The molecular weight excluding hydrogens is 411 g/mol. The van der Waals surface area contributed by atoms with Crippen molar-refractivity contribution >= 4 is 5.91 Å². The number of nitrogens with zero attached hydrogens (tertiary/aromatic N) is 3. The van der Waals surface area contributed by atoms with Crippen LogP contribution in [0.1, 0.15) is 28.2 Å². The van der Waals surface area contributed by atoms with Gasteiger partial charge in [-0.05, 0) is 43.7 Å². The Morgan fingerprint density at radius 3 is 2.65 bits per heavy atom. The Morgan fingerprint density at radius 2 is 1.94 bits per heavy atom. The molecule has 1 amide bonds. The Kier molecular flexibility index (Phi) is 7.37. The van der Waals surface area contributed by atoms with Gasteiger partial charge in [0.15, 0.2) is 6.61 Å². The molecule has 2 heterocycles. The predicted molar refractivity (Wildman–Crippen MR) is 109 cm³/mol. The first-order chi connectivity index (χ1) is 14.7. The molecule has 0 saturated carbocycles. The SMILES string of the molecule is COc1ccc(OCC(F)(F)F)c(C(=O)N2CCCN(Cc3cccc(C)n3)CC2)c1. The van der Waals surface area contributed by atoms with Gasteiger partial charge in [-0.25, -0.2) is 0 Å². The van der Waals surface area contributed by atoms with Crippen LogP contribution in [0, 0.1) is 6.92 Å². The number of benzene rings is 1. The summed E-state index contributed by atoms with van der Waals surface area (Å²) in [6, 6.07) is 10.1. The number of methoxy groups -OCH3 is 1.